The lowest BCUT2D eigenvalue weighted by Crippen LogP contribution is -2.26. The summed E-state index contributed by atoms with van der Waals surface area (Å²) in [5.41, 5.74) is 1.88. The van der Waals surface area contributed by atoms with Gasteiger partial charge in [-0.15, -0.1) is 0 Å². The maximum atomic E-state index is 12.4. The van der Waals surface area contributed by atoms with Crippen LogP contribution in [0.15, 0.2) is 23.1 Å². The highest BCUT2D eigenvalue weighted by Crippen LogP contribution is 2.18. The lowest BCUT2D eigenvalue weighted by atomic mass is 10.1. The molecule has 0 saturated heterocycles. The molecule has 0 unspecified atom stereocenters. The van der Waals surface area contributed by atoms with Gasteiger partial charge in [0.1, 0.15) is 0 Å². The maximum Gasteiger partial charge on any atom is 0.240 e. The Bertz CT molecular complexity index is 527. The molecule has 0 fully saturated rings. The number of benzene rings is 1. The van der Waals surface area contributed by atoms with Crippen molar-refractivity contribution < 1.29 is 8.42 Å². The molecule has 0 aromatic heterocycles. The summed E-state index contributed by atoms with van der Waals surface area (Å²) >= 11 is 0. The third-order valence-corrected chi connectivity index (χ3v) is 4.92. The van der Waals surface area contributed by atoms with Crippen molar-refractivity contribution in [2.75, 3.05) is 13.1 Å². The first-order chi connectivity index (χ1) is 10.0. The quantitative estimate of drug-likeness (QED) is 0.653. The van der Waals surface area contributed by atoms with E-state index in [4.69, 9.17) is 0 Å². The lowest BCUT2D eigenvalue weighted by molar-refractivity contribution is 0.577. The van der Waals surface area contributed by atoms with Gasteiger partial charge in [-0.2, -0.15) is 0 Å². The van der Waals surface area contributed by atoms with E-state index in [-0.39, 0.29) is 0 Å². The molecule has 0 saturated carbocycles. The van der Waals surface area contributed by atoms with E-state index in [0.29, 0.717) is 24.4 Å². The zero-order valence-corrected chi connectivity index (χ0v) is 14.2. The number of hydrogen-bond acceptors (Lipinski definition) is 3. The zero-order chi connectivity index (χ0) is 15.7. The van der Waals surface area contributed by atoms with E-state index in [1.54, 1.807) is 6.07 Å². The SMILES string of the molecule is CCCCNS(=O)(=O)c1cc(CNCCC)ccc1CC. The Labute approximate surface area is 129 Å². The number of hydrogen-bond donors (Lipinski definition) is 2. The summed E-state index contributed by atoms with van der Waals surface area (Å²) < 4.78 is 27.6. The van der Waals surface area contributed by atoms with Gasteiger partial charge in [0.05, 0.1) is 4.90 Å². The van der Waals surface area contributed by atoms with Gasteiger partial charge in [0.25, 0.3) is 0 Å². The van der Waals surface area contributed by atoms with Crippen LogP contribution in [0.2, 0.25) is 0 Å². The molecule has 0 aliphatic heterocycles. The Balaban J connectivity index is 2.93. The van der Waals surface area contributed by atoms with Crippen LogP contribution in [0.3, 0.4) is 0 Å². The second-order valence-corrected chi connectivity index (χ2v) is 6.96. The van der Waals surface area contributed by atoms with E-state index in [2.05, 4.69) is 17.0 Å². The average Bonchev–Trinajstić information content (AvgIpc) is 2.47. The Morgan fingerprint density at radius 2 is 1.81 bits per heavy atom. The fourth-order valence-electron chi connectivity index (χ4n) is 2.12. The molecule has 0 radical (unpaired) electrons. The molecule has 1 aromatic rings. The van der Waals surface area contributed by atoms with Gasteiger partial charge in [-0.25, -0.2) is 13.1 Å². The summed E-state index contributed by atoms with van der Waals surface area (Å²) in [6, 6.07) is 5.74. The smallest absolute Gasteiger partial charge is 0.240 e. The lowest BCUT2D eigenvalue weighted by Gasteiger charge is -2.13. The minimum absolute atomic E-state index is 0.428. The molecule has 1 aromatic carbocycles. The summed E-state index contributed by atoms with van der Waals surface area (Å²) in [6.07, 6.45) is 3.62. The van der Waals surface area contributed by atoms with E-state index in [0.717, 1.165) is 36.9 Å². The van der Waals surface area contributed by atoms with E-state index < -0.39 is 10.0 Å². The standard InChI is InChI=1S/C16H28N2O2S/c1-4-7-11-18-21(19,20)16-12-14(13-17-10-5-2)8-9-15(16)6-3/h8-9,12,17-18H,4-7,10-11,13H2,1-3H3. The average molecular weight is 312 g/mol. The molecule has 0 aliphatic rings. The van der Waals surface area contributed by atoms with Gasteiger partial charge in [0, 0.05) is 13.1 Å². The molecular weight excluding hydrogens is 284 g/mol. The van der Waals surface area contributed by atoms with Crippen LogP contribution in [0.25, 0.3) is 0 Å². The minimum Gasteiger partial charge on any atom is -0.313 e. The first-order valence-corrected chi connectivity index (χ1v) is 9.35. The van der Waals surface area contributed by atoms with Gasteiger partial charge >= 0.3 is 0 Å². The van der Waals surface area contributed by atoms with Crippen LogP contribution in [-0.4, -0.2) is 21.5 Å². The molecule has 0 spiro atoms. The van der Waals surface area contributed by atoms with Crippen molar-refractivity contribution in [3.8, 4) is 0 Å². The van der Waals surface area contributed by atoms with Crippen LogP contribution in [0.4, 0.5) is 0 Å². The Morgan fingerprint density at radius 3 is 2.43 bits per heavy atom. The van der Waals surface area contributed by atoms with Crippen molar-refractivity contribution in [1.29, 1.82) is 0 Å². The number of unbranched alkanes of at least 4 members (excludes halogenated alkanes) is 1. The first-order valence-electron chi connectivity index (χ1n) is 7.87. The predicted molar refractivity (Wildman–Crippen MR) is 87.9 cm³/mol. The first kappa shape index (κ1) is 18.1. The second kappa shape index (κ2) is 9.18. The van der Waals surface area contributed by atoms with Gasteiger partial charge < -0.3 is 5.32 Å². The molecule has 2 N–H and O–H groups in total. The summed E-state index contributed by atoms with van der Waals surface area (Å²) in [7, 11) is -3.41. The molecule has 1 rings (SSSR count). The minimum atomic E-state index is -3.41. The number of rotatable bonds is 10. The molecule has 0 amide bonds. The molecular formula is C16H28N2O2S. The van der Waals surface area contributed by atoms with Crippen LogP contribution < -0.4 is 10.0 Å². The van der Waals surface area contributed by atoms with Gasteiger partial charge in [0.15, 0.2) is 0 Å². The number of aryl methyl sites for hydroxylation is 1. The van der Waals surface area contributed by atoms with Crippen molar-refractivity contribution in [3.05, 3.63) is 29.3 Å². The van der Waals surface area contributed by atoms with Crippen molar-refractivity contribution in [2.45, 2.75) is 57.9 Å². The highest BCUT2D eigenvalue weighted by atomic mass is 32.2. The van der Waals surface area contributed by atoms with Gasteiger partial charge in [-0.05, 0) is 43.0 Å². The van der Waals surface area contributed by atoms with Crippen LogP contribution in [0.5, 0.6) is 0 Å². The molecule has 120 valence electrons. The summed E-state index contributed by atoms with van der Waals surface area (Å²) in [5, 5.41) is 3.30. The third kappa shape index (κ3) is 5.77. The van der Waals surface area contributed by atoms with Crippen LogP contribution in [-0.2, 0) is 23.0 Å². The van der Waals surface area contributed by atoms with Gasteiger partial charge in [-0.3, -0.25) is 0 Å². The Morgan fingerprint density at radius 1 is 1.05 bits per heavy atom. The molecule has 21 heavy (non-hydrogen) atoms. The Hall–Kier alpha value is -0.910. The van der Waals surface area contributed by atoms with E-state index in [1.165, 1.54) is 0 Å². The number of nitrogens with one attached hydrogen (secondary N) is 2. The topological polar surface area (TPSA) is 58.2 Å². The van der Waals surface area contributed by atoms with E-state index in [1.807, 2.05) is 26.0 Å². The fourth-order valence-corrected chi connectivity index (χ4v) is 3.55. The van der Waals surface area contributed by atoms with E-state index in [9.17, 15) is 8.42 Å². The van der Waals surface area contributed by atoms with Crippen LogP contribution >= 0.6 is 0 Å². The number of sulfonamides is 1. The highest BCUT2D eigenvalue weighted by Gasteiger charge is 2.17. The Kier molecular flexibility index (Phi) is 7.93. The summed E-state index contributed by atoms with van der Waals surface area (Å²) in [6.45, 7) is 8.28. The molecule has 0 heterocycles. The van der Waals surface area contributed by atoms with Gasteiger partial charge in [-0.1, -0.05) is 39.3 Å². The molecule has 4 nitrogen and oxygen atoms in total. The largest absolute Gasteiger partial charge is 0.313 e. The van der Waals surface area contributed by atoms with Crippen molar-refractivity contribution in [3.63, 3.8) is 0 Å². The van der Waals surface area contributed by atoms with Crippen molar-refractivity contribution in [1.82, 2.24) is 10.0 Å². The van der Waals surface area contributed by atoms with Crippen molar-refractivity contribution in [2.24, 2.45) is 0 Å². The van der Waals surface area contributed by atoms with Crippen molar-refractivity contribution >= 4 is 10.0 Å². The summed E-state index contributed by atoms with van der Waals surface area (Å²) in [4.78, 5) is 0.428. The fraction of sp³-hybridized carbons (Fsp3) is 0.625. The zero-order valence-electron chi connectivity index (χ0n) is 13.4. The predicted octanol–water partition coefficient (Wildman–Crippen LogP) is 2.83. The highest BCUT2D eigenvalue weighted by molar-refractivity contribution is 7.89. The molecule has 0 atom stereocenters. The summed E-state index contributed by atoms with van der Waals surface area (Å²) in [5.74, 6) is 0. The van der Waals surface area contributed by atoms with E-state index >= 15 is 0 Å². The monoisotopic (exact) mass is 312 g/mol. The van der Waals surface area contributed by atoms with Crippen LogP contribution in [0.1, 0.15) is 51.2 Å². The maximum absolute atomic E-state index is 12.4. The van der Waals surface area contributed by atoms with Crippen LogP contribution in [0, 0.1) is 0 Å². The third-order valence-electron chi connectivity index (χ3n) is 3.38. The normalized spacial score (nSPS) is 11.8. The second-order valence-electron chi connectivity index (χ2n) is 5.22. The molecule has 0 bridgehead atoms. The van der Waals surface area contributed by atoms with Gasteiger partial charge in [0.2, 0.25) is 10.0 Å². The molecule has 5 heteroatoms. The molecule has 0 aliphatic carbocycles.